The summed E-state index contributed by atoms with van der Waals surface area (Å²) >= 11 is 1.53. The first-order valence-electron chi connectivity index (χ1n) is 5.82. The van der Waals surface area contributed by atoms with Gasteiger partial charge in [0.15, 0.2) is 11.1 Å². The van der Waals surface area contributed by atoms with Crippen molar-refractivity contribution >= 4 is 34.1 Å². The number of non-ortho nitro benzene ring substituents is 1. The largest absolute Gasteiger partial charge is 0.423 e. The lowest BCUT2D eigenvalue weighted by Crippen LogP contribution is -1.99. The Morgan fingerprint density at radius 1 is 1.45 bits per heavy atom. The molecular weight excluding hydrogens is 280 g/mol. The minimum atomic E-state index is -0.473. The molecule has 0 amide bonds. The molecule has 1 aromatic carbocycles. The van der Waals surface area contributed by atoms with Gasteiger partial charge < -0.3 is 9.73 Å². The third kappa shape index (κ3) is 2.32. The number of nitro benzene ring substituents is 1. The summed E-state index contributed by atoms with van der Waals surface area (Å²) in [6.07, 6.45) is 0. The van der Waals surface area contributed by atoms with Crippen LogP contribution < -0.4 is 5.32 Å². The summed E-state index contributed by atoms with van der Waals surface area (Å²) in [5, 5.41) is 16.7. The summed E-state index contributed by atoms with van der Waals surface area (Å²) in [5.41, 5.74) is 1.52. The molecule has 0 saturated heterocycles. The molecule has 0 bridgehead atoms. The number of aromatic nitrogens is 2. The Kier molecular flexibility index (Phi) is 3.07. The van der Waals surface area contributed by atoms with Crippen LogP contribution in [0, 0.1) is 17.0 Å². The first-order valence-corrected chi connectivity index (χ1v) is 6.70. The number of hydrogen-bond donors (Lipinski definition) is 1. The number of benzene rings is 1. The monoisotopic (exact) mass is 290 g/mol. The van der Waals surface area contributed by atoms with E-state index in [1.165, 1.54) is 17.4 Å². The van der Waals surface area contributed by atoms with Gasteiger partial charge in [-0.15, -0.1) is 11.3 Å². The van der Waals surface area contributed by atoms with Crippen LogP contribution in [0.25, 0.3) is 11.1 Å². The van der Waals surface area contributed by atoms with Crippen molar-refractivity contribution in [1.29, 1.82) is 0 Å². The third-order valence-electron chi connectivity index (χ3n) is 2.65. The summed E-state index contributed by atoms with van der Waals surface area (Å²) in [4.78, 5) is 18.8. The number of oxazole rings is 1. The van der Waals surface area contributed by atoms with Gasteiger partial charge in [-0.25, -0.2) is 4.98 Å². The zero-order valence-corrected chi connectivity index (χ0v) is 11.3. The van der Waals surface area contributed by atoms with Gasteiger partial charge in [-0.05, 0) is 13.0 Å². The summed E-state index contributed by atoms with van der Waals surface area (Å²) in [6, 6.07) is 4.87. The van der Waals surface area contributed by atoms with E-state index in [-0.39, 0.29) is 17.2 Å². The molecule has 0 saturated carbocycles. The summed E-state index contributed by atoms with van der Waals surface area (Å²) in [7, 11) is 0. The lowest BCUT2D eigenvalue weighted by atomic mass is 10.3. The van der Waals surface area contributed by atoms with Crippen LogP contribution in [0.2, 0.25) is 0 Å². The maximum Gasteiger partial charge on any atom is 0.298 e. The highest BCUT2D eigenvalue weighted by Gasteiger charge is 2.17. The van der Waals surface area contributed by atoms with Crippen LogP contribution in [0.5, 0.6) is 0 Å². The van der Waals surface area contributed by atoms with Gasteiger partial charge in [0.05, 0.1) is 11.5 Å². The molecule has 0 fully saturated rings. The molecule has 8 heteroatoms. The molecule has 0 radical (unpaired) electrons. The Balaban J connectivity index is 1.86. The molecule has 2 aromatic heterocycles. The Hall–Kier alpha value is -2.48. The molecule has 20 heavy (non-hydrogen) atoms. The van der Waals surface area contributed by atoms with E-state index >= 15 is 0 Å². The molecule has 102 valence electrons. The van der Waals surface area contributed by atoms with Gasteiger partial charge in [-0.3, -0.25) is 10.1 Å². The minimum absolute atomic E-state index is 0.0654. The van der Waals surface area contributed by atoms with Crippen LogP contribution in [-0.4, -0.2) is 14.9 Å². The lowest BCUT2D eigenvalue weighted by molar-refractivity contribution is -0.383. The number of nitrogens with zero attached hydrogens (tertiary/aromatic N) is 3. The average Bonchev–Trinajstić information content (AvgIpc) is 3.01. The van der Waals surface area contributed by atoms with Crippen molar-refractivity contribution in [2.45, 2.75) is 13.5 Å². The predicted molar refractivity (Wildman–Crippen MR) is 74.8 cm³/mol. The standard InChI is InChI=1S/C12H10N4O3S/c1-7-6-20-10(14-7)5-13-12-15-11-8(16(17)18)3-2-4-9(11)19-12/h2-4,6H,5H2,1H3,(H,13,15). The molecule has 0 atom stereocenters. The normalized spacial score (nSPS) is 10.8. The predicted octanol–water partition coefficient (Wildman–Crippen LogP) is 3.11. The molecular formula is C12H10N4O3S. The second kappa shape index (κ2) is 4.89. The minimum Gasteiger partial charge on any atom is -0.423 e. The summed E-state index contributed by atoms with van der Waals surface area (Å²) < 4.78 is 5.44. The van der Waals surface area contributed by atoms with E-state index in [2.05, 4.69) is 15.3 Å². The number of para-hydroxylation sites is 1. The van der Waals surface area contributed by atoms with Crippen LogP contribution in [0.1, 0.15) is 10.7 Å². The van der Waals surface area contributed by atoms with E-state index in [1.807, 2.05) is 12.3 Å². The quantitative estimate of drug-likeness (QED) is 0.586. The molecule has 3 aromatic rings. The zero-order valence-electron chi connectivity index (χ0n) is 10.5. The molecule has 3 rings (SSSR count). The molecule has 1 N–H and O–H groups in total. The number of aryl methyl sites for hydroxylation is 1. The van der Waals surface area contributed by atoms with E-state index < -0.39 is 4.92 Å². The maximum atomic E-state index is 10.9. The van der Waals surface area contributed by atoms with E-state index in [4.69, 9.17) is 4.42 Å². The van der Waals surface area contributed by atoms with Crippen molar-refractivity contribution in [3.63, 3.8) is 0 Å². The highest BCUT2D eigenvalue weighted by Crippen LogP contribution is 2.27. The molecule has 0 unspecified atom stereocenters. The van der Waals surface area contributed by atoms with Crippen LogP contribution in [0.4, 0.5) is 11.7 Å². The van der Waals surface area contributed by atoms with Gasteiger partial charge in [0.2, 0.25) is 0 Å². The molecule has 2 heterocycles. The van der Waals surface area contributed by atoms with Crippen LogP contribution in [0.3, 0.4) is 0 Å². The van der Waals surface area contributed by atoms with Gasteiger partial charge in [0.25, 0.3) is 11.7 Å². The zero-order chi connectivity index (χ0) is 14.1. The summed E-state index contributed by atoms with van der Waals surface area (Å²) in [5.74, 6) is 0. The first-order chi connectivity index (χ1) is 9.63. The van der Waals surface area contributed by atoms with Crippen LogP contribution in [-0.2, 0) is 6.54 Å². The van der Waals surface area contributed by atoms with E-state index in [1.54, 1.807) is 12.1 Å². The van der Waals surface area contributed by atoms with E-state index in [0.29, 0.717) is 12.1 Å². The number of rotatable bonds is 4. The SMILES string of the molecule is Cc1csc(CNc2nc3c([N+](=O)[O-])cccc3o2)n1. The maximum absolute atomic E-state index is 10.9. The third-order valence-corrected chi connectivity index (χ3v) is 3.62. The number of fused-ring (bicyclic) bond motifs is 1. The number of anilines is 1. The molecule has 0 aliphatic rings. The number of thiazole rings is 1. The van der Waals surface area contributed by atoms with Gasteiger partial charge in [-0.1, -0.05) is 6.07 Å². The molecule has 0 spiro atoms. The molecule has 7 nitrogen and oxygen atoms in total. The second-order valence-electron chi connectivity index (χ2n) is 4.14. The lowest BCUT2D eigenvalue weighted by Gasteiger charge is -1.96. The molecule has 0 aliphatic heterocycles. The second-order valence-corrected chi connectivity index (χ2v) is 5.08. The molecule has 0 aliphatic carbocycles. The van der Waals surface area contributed by atoms with Gasteiger partial charge in [0, 0.05) is 17.1 Å². The van der Waals surface area contributed by atoms with Crippen LogP contribution in [0.15, 0.2) is 28.0 Å². The van der Waals surface area contributed by atoms with Crippen molar-refractivity contribution in [2.75, 3.05) is 5.32 Å². The topological polar surface area (TPSA) is 94.1 Å². The van der Waals surface area contributed by atoms with Crippen molar-refractivity contribution in [2.24, 2.45) is 0 Å². The number of hydrogen-bond acceptors (Lipinski definition) is 7. The van der Waals surface area contributed by atoms with Gasteiger partial charge in [-0.2, -0.15) is 4.98 Å². The fourth-order valence-corrected chi connectivity index (χ4v) is 2.50. The highest BCUT2D eigenvalue weighted by molar-refractivity contribution is 7.09. The Labute approximate surface area is 117 Å². The van der Waals surface area contributed by atoms with E-state index in [0.717, 1.165) is 10.7 Å². The Morgan fingerprint density at radius 3 is 3.00 bits per heavy atom. The van der Waals surface area contributed by atoms with Gasteiger partial charge >= 0.3 is 0 Å². The van der Waals surface area contributed by atoms with Crippen molar-refractivity contribution in [3.05, 3.63) is 44.4 Å². The number of nitro groups is 1. The van der Waals surface area contributed by atoms with Gasteiger partial charge in [0.1, 0.15) is 5.01 Å². The smallest absolute Gasteiger partial charge is 0.298 e. The Morgan fingerprint density at radius 2 is 2.30 bits per heavy atom. The fraction of sp³-hybridized carbons (Fsp3) is 0.167. The van der Waals surface area contributed by atoms with E-state index in [9.17, 15) is 10.1 Å². The summed E-state index contributed by atoms with van der Waals surface area (Å²) in [6.45, 7) is 2.39. The Bertz CT molecular complexity index is 780. The van der Waals surface area contributed by atoms with Crippen molar-refractivity contribution in [3.8, 4) is 0 Å². The van der Waals surface area contributed by atoms with Crippen LogP contribution >= 0.6 is 11.3 Å². The van der Waals surface area contributed by atoms with Crippen molar-refractivity contribution in [1.82, 2.24) is 9.97 Å². The first kappa shape index (κ1) is 12.5. The van der Waals surface area contributed by atoms with Crippen molar-refractivity contribution < 1.29 is 9.34 Å². The average molecular weight is 290 g/mol. The highest BCUT2D eigenvalue weighted by atomic mass is 32.1. The fourth-order valence-electron chi connectivity index (χ4n) is 1.79. The number of nitrogens with one attached hydrogen (secondary N) is 1.